The van der Waals surface area contributed by atoms with Crippen LogP contribution in [-0.2, 0) is 11.8 Å². The van der Waals surface area contributed by atoms with E-state index in [0.29, 0.717) is 5.41 Å². The quantitative estimate of drug-likeness (QED) is 0.649. The summed E-state index contributed by atoms with van der Waals surface area (Å²) in [6.07, 6.45) is 6.42. The SMILES string of the molecule is CC1(C2=Cc3cc(C(C)(C)C)ccc3C2)CC1. The summed E-state index contributed by atoms with van der Waals surface area (Å²) in [7, 11) is 0. The molecule has 0 heteroatoms. The van der Waals surface area contributed by atoms with Crippen molar-refractivity contribution in [2.45, 2.75) is 52.4 Å². The lowest BCUT2D eigenvalue weighted by molar-refractivity contribution is 0.590. The smallest absolute Gasteiger partial charge is 0.00524 e. The van der Waals surface area contributed by atoms with Crippen molar-refractivity contribution in [1.29, 1.82) is 0 Å². The number of rotatable bonds is 1. The molecule has 0 spiro atoms. The van der Waals surface area contributed by atoms with Crippen molar-refractivity contribution in [2.24, 2.45) is 5.41 Å². The van der Waals surface area contributed by atoms with Gasteiger partial charge in [0.15, 0.2) is 0 Å². The Hall–Kier alpha value is -1.04. The fraction of sp³-hybridized carbons (Fsp3) is 0.529. The van der Waals surface area contributed by atoms with Crippen molar-refractivity contribution < 1.29 is 0 Å². The third-order valence-corrected chi connectivity index (χ3v) is 4.50. The first kappa shape index (κ1) is 11.1. The highest BCUT2D eigenvalue weighted by Crippen LogP contribution is 2.54. The highest BCUT2D eigenvalue weighted by atomic mass is 14.5. The van der Waals surface area contributed by atoms with Gasteiger partial charge in [-0.25, -0.2) is 0 Å². The molecule has 0 atom stereocenters. The minimum atomic E-state index is 0.259. The summed E-state index contributed by atoms with van der Waals surface area (Å²) in [5.74, 6) is 0. The second kappa shape index (κ2) is 3.25. The molecular formula is C17H22. The lowest BCUT2D eigenvalue weighted by Crippen LogP contribution is -2.11. The van der Waals surface area contributed by atoms with Gasteiger partial charge in [-0.2, -0.15) is 0 Å². The molecule has 1 aromatic rings. The van der Waals surface area contributed by atoms with Crippen molar-refractivity contribution in [2.75, 3.05) is 0 Å². The molecule has 2 aliphatic carbocycles. The van der Waals surface area contributed by atoms with Gasteiger partial charge in [-0.3, -0.25) is 0 Å². The minimum absolute atomic E-state index is 0.259. The van der Waals surface area contributed by atoms with Crippen LogP contribution >= 0.6 is 0 Å². The van der Waals surface area contributed by atoms with E-state index < -0.39 is 0 Å². The van der Waals surface area contributed by atoms with Crippen LogP contribution in [-0.4, -0.2) is 0 Å². The van der Waals surface area contributed by atoms with Crippen LogP contribution in [0.5, 0.6) is 0 Å². The second-order valence-electron chi connectivity index (χ2n) is 7.07. The molecule has 1 saturated carbocycles. The van der Waals surface area contributed by atoms with Crippen LogP contribution in [0.2, 0.25) is 0 Å². The summed E-state index contributed by atoms with van der Waals surface area (Å²) in [6.45, 7) is 9.28. The maximum absolute atomic E-state index is 2.46. The summed E-state index contributed by atoms with van der Waals surface area (Å²) in [5.41, 5.74) is 6.92. The van der Waals surface area contributed by atoms with Gasteiger partial charge < -0.3 is 0 Å². The van der Waals surface area contributed by atoms with Crippen LogP contribution in [0.1, 0.15) is 57.2 Å². The van der Waals surface area contributed by atoms with Crippen LogP contribution in [0.3, 0.4) is 0 Å². The molecule has 90 valence electrons. The van der Waals surface area contributed by atoms with Crippen LogP contribution in [0.25, 0.3) is 6.08 Å². The van der Waals surface area contributed by atoms with E-state index in [0.717, 1.165) is 0 Å². The molecule has 0 nitrogen and oxygen atoms in total. The fourth-order valence-corrected chi connectivity index (χ4v) is 2.70. The summed E-state index contributed by atoms with van der Waals surface area (Å²) in [4.78, 5) is 0. The van der Waals surface area contributed by atoms with Gasteiger partial charge in [0.05, 0.1) is 0 Å². The Morgan fingerprint density at radius 3 is 2.41 bits per heavy atom. The lowest BCUT2D eigenvalue weighted by Gasteiger charge is -2.19. The molecule has 0 bridgehead atoms. The van der Waals surface area contributed by atoms with Gasteiger partial charge in [0.1, 0.15) is 0 Å². The first-order chi connectivity index (χ1) is 7.88. The first-order valence-corrected chi connectivity index (χ1v) is 6.73. The first-order valence-electron chi connectivity index (χ1n) is 6.73. The number of allylic oxidation sites excluding steroid dienone is 1. The van der Waals surface area contributed by atoms with E-state index in [4.69, 9.17) is 0 Å². The average Bonchev–Trinajstić information content (AvgIpc) is 2.85. The van der Waals surface area contributed by atoms with E-state index in [-0.39, 0.29) is 5.41 Å². The van der Waals surface area contributed by atoms with Gasteiger partial charge in [-0.15, -0.1) is 0 Å². The Bertz CT molecular complexity index is 493. The molecule has 2 aliphatic rings. The van der Waals surface area contributed by atoms with Crippen LogP contribution in [0.15, 0.2) is 23.8 Å². The van der Waals surface area contributed by atoms with Crippen LogP contribution in [0.4, 0.5) is 0 Å². The molecule has 0 amide bonds. The fourth-order valence-electron chi connectivity index (χ4n) is 2.70. The van der Waals surface area contributed by atoms with Gasteiger partial charge in [0.25, 0.3) is 0 Å². The molecular weight excluding hydrogens is 204 g/mol. The molecule has 1 aromatic carbocycles. The van der Waals surface area contributed by atoms with E-state index in [1.54, 1.807) is 5.57 Å². The third-order valence-electron chi connectivity index (χ3n) is 4.50. The zero-order valence-electron chi connectivity index (χ0n) is 11.4. The van der Waals surface area contributed by atoms with E-state index in [1.807, 2.05) is 0 Å². The molecule has 0 radical (unpaired) electrons. The molecule has 1 fully saturated rings. The largest absolute Gasteiger partial charge is 0.0593 e. The summed E-state index contributed by atoms with van der Waals surface area (Å²) < 4.78 is 0. The Morgan fingerprint density at radius 2 is 1.82 bits per heavy atom. The zero-order chi connectivity index (χ0) is 12.3. The zero-order valence-corrected chi connectivity index (χ0v) is 11.4. The van der Waals surface area contributed by atoms with Crippen molar-refractivity contribution in [3.05, 3.63) is 40.5 Å². The topological polar surface area (TPSA) is 0 Å². The predicted octanol–water partition coefficient (Wildman–Crippen LogP) is 4.72. The lowest BCUT2D eigenvalue weighted by atomic mass is 9.85. The van der Waals surface area contributed by atoms with E-state index in [1.165, 1.54) is 36.0 Å². The molecule has 0 heterocycles. The molecule has 0 aliphatic heterocycles. The second-order valence-corrected chi connectivity index (χ2v) is 7.07. The Balaban J connectivity index is 1.97. The maximum Gasteiger partial charge on any atom is -0.00524 e. The van der Waals surface area contributed by atoms with E-state index in [9.17, 15) is 0 Å². The third kappa shape index (κ3) is 1.84. The number of fused-ring (bicyclic) bond motifs is 1. The highest BCUT2D eigenvalue weighted by molar-refractivity contribution is 5.66. The highest BCUT2D eigenvalue weighted by Gasteiger charge is 2.42. The minimum Gasteiger partial charge on any atom is -0.0593 e. The Kier molecular flexibility index (Phi) is 2.12. The molecule has 0 unspecified atom stereocenters. The van der Waals surface area contributed by atoms with Crippen molar-refractivity contribution in [3.63, 3.8) is 0 Å². The van der Waals surface area contributed by atoms with Crippen molar-refractivity contribution in [3.8, 4) is 0 Å². The van der Waals surface area contributed by atoms with Gasteiger partial charge in [0, 0.05) is 0 Å². The number of benzene rings is 1. The van der Waals surface area contributed by atoms with Gasteiger partial charge >= 0.3 is 0 Å². The molecule has 0 saturated heterocycles. The molecule has 3 rings (SSSR count). The van der Waals surface area contributed by atoms with E-state index >= 15 is 0 Å². The number of hydrogen-bond acceptors (Lipinski definition) is 0. The number of hydrogen-bond donors (Lipinski definition) is 0. The Labute approximate surface area is 105 Å². The maximum atomic E-state index is 2.46. The normalized spacial score (nSPS) is 21.1. The van der Waals surface area contributed by atoms with Gasteiger partial charge in [-0.05, 0) is 46.8 Å². The summed E-state index contributed by atoms with van der Waals surface area (Å²) >= 11 is 0. The monoisotopic (exact) mass is 226 g/mol. The molecule has 17 heavy (non-hydrogen) atoms. The van der Waals surface area contributed by atoms with Crippen molar-refractivity contribution in [1.82, 2.24) is 0 Å². The van der Waals surface area contributed by atoms with Gasteiger partial charge in [0.2, 0.25) is 0 Å². The summed E-state index contributed by atoms with van der Waals surface area (Å²) in [5, 5.41) is 0. The average molecular weight is 226 g/mol. The van der Waals surface area contributed by atoms with Crippen LogP contribution in [0, 0.1) is 5.41 Å². The summed E-state index contributed by atoms with van der Waals surface area (Å²) in [6, 6.07) is 7.05. The van der Waals surface area contributed by atoms with Crippen molar-refractivity contribution >= 4 is 6.08 Å². The Morgan fingerprint density at radius 1 is 1.12 bits per heavy atom. The van der Waals surface area contributed by atoms with E-state index in [2.05, 4.69) is 52.0 Å². The standard InChI is InChI=1S/C17H22/c1-16(2,3)14-6-5-12-9-15(11-13(12)10-14)17(4)7-8-17/h5-6,10-11H,7-9H2,1-4H3. The molecule has 0 aromatic heterocycles. The molecule has 0 N–H and O–H groups in total. The van der Waals surface area contributed by atoms with Crippen LogP contribution < -0.4 is 0 Å². The predicted molar refractivity (Wildman–Crippen MR) is 74.2 cm³/mol. The van der Waals surface area contributed by atoms with Gasteiger partial charge in [-0.1, -0.05) is 57.5 Å².